The van der Waals surface area contributed by atoms with E-state index in [1.807, 2.05) is 18.2 Å². The summed E-state index contributed by atoms with van der Waals surface area (Å²) in [6.45, 7) is 1.20. The molecular weight excluding hydrogens is 154 g/mol. The van der Waals surface area contributed by atoms with Gasteiger partial charge in [-0.3, -0.25) is 4.79 Å². The number of ether oxygens (including phenoxy) is 1. The number of amides is 1. The summed E-state index contributed by atoms with van der Waals surface area (Å²) < 4.78 is 5.40. The van der Waals surface area contributed by atoms with Gasteiger partial charge in [0.05, 0.1) is 12.5 Å². The Balaban J connectivity index is 2.23. The maximum Gasteiger partial charge on any atom is 0.231 e. The quantitative estimate of drug-likeness (QED) is 0.570. The highest BCUT2D eigenvalue weighted by Gasteiger charge is 2.26. The van der Waals surface area contributed by atoms with Gasteiger partial charge in [0.2, 0.25) is 5.91 Å². The van der Waals surface area contributed by atoms with Gasteiger partial charge in [0.1, 0.15) is 12.4 Å². The summed E-state index contributed by atoms with van der Waals surface area (Å²) in [6, 6.07) is 0. The van der Waals surface area contributed by atoms with Crippen LogP contribution in [-0.4, -0.2) is 19.1 Å². The molecule has 0 aromatic heterocycles. The first kappa shape index (κ1) is 7.40. The van der Waals surface area contributed by atoms with Crippen LogP contribution >= 0.6 is 0 Å². The number of allylic oxidation sites excluding steroid dienone is 3. The van der Waals surface area contributed by atoms with E-state index < -0.39 is 0 Å². The number of nitrogens with one attached hydrogen (secondary N) is 1. The Morgan fingerprint density at radius 1 is 1.58 bits per heavy atom. The standard InChI is InChI=1S/C9H11NO2/c11-9-7-3-1-2-4-8(7)12-6-5-10-9/h1-2,4,7H,3,5-6H2,(H,10,11). The van der Waals surface area contributed by atoms with Gasteiger partial charge in [-0.05, 0) is 12.5 Å². The van der Waals surface area contributed by atoms with Gasteiger partial charge in [-0.2, -0.15) is 0 Å². The maximum absolute atomic E-state index is 11.4. The number of hydrogen-bond donors (Lipinski definition) is 1. The van der Waals surface area contributed by atoms with Crippen molar-refractivity contribution < 1.29 is 9.53 Å². The van der Waals surface area contributed by atoms with Gasteiger partial charge < -0.3 is 10.1 Å². The molecular formula is C9H11NO2. The molecule has 12 heavy (non-hydrogen) atoms. The Hall–Kier alpha value is -1.25. The normalized spacial score (nSPS) is 27.8. The molecule has 3 nitrogen and oxygen atoms in total. The molecule has 0 aromatic carbocycles. The molecule has 1 unspecified atom stereocenters. The maximum atomic E-state index is 11.4. The van der Waals surface area contributed by atoms with E-state index in [1.54, 1.807) is 0 Å². The third-order valence-electron chi connectivity index (χ3n) is 2.10. The summed E-state index contributed by atoms with van der Waals surface area (Å²) in [5.41, 5.74) is 0. The van der Waals surface area contributed by atoms with Crippen LogP contribution in [0.25, 0.3) is 0 Å². The Morgan fingerprint density at radius 2 is 2.50 bits per heavy atom. The van der Waals surface area contributed by atoms with Crippen LogP contribution in [0.15, 0.2) is 24.0 Å². The third kappa shape index (κ3) is 1.22. The van der Waals surface area contributed by atoms with Crippen LogP contribution in [0.3, 0.4) is 0 Å². The van der Waals surface area contributed by atoms with Gasteiger partial charge in [-0.1, -0.05) is 12.2 Å². The fourth-order valence-corrected chi connectivity index (χ4v) is 1.46. The number of rotatable bonds is 0. The van der Waals surface area contributed by atoms with Gasteiger partial charge in [0, 0.05) is 0 Å². The van der Waals surface area contributed by atoms with Crippen LogP contribution in [-0.2, 0) is 9.53 Å². The zero-order valence-electron chi connectivity index (χ0n) is 6.75. The van der Waals surface area contributed by atoms with Crippen LogP contribution in [0.1, 0.15) is 6.42 Å². The molecule has 0 bridgehead atoms. The minimum atomic E-state index is -0.0856. The van der Waals surface area contributed by atoms with E-state index in [-0.39, 0.29) is 11.8 Å². The largest absolute Gasteiger partial charge is 0.495 e. The molecule has 1 saturated heterocycles. The van der Waals surface area contributed by atoms with Crippen LogP contribution < -0.4 is 5.32 Å². The van der Waals surface area contributed by atoms with Crippen molar-refractivity contribution in [2.45, 2.75) is 6.42 Å². The van der Waals surface area contributed by atoms with E-state index in [4.69, 9.17) is 4.74 Å². The second-order valence-corrected chi connectivity index (χ2v) is 2.92. The highest BCUT2D eigenvalue weighted by molar-refractivity contribution is 5.81. The predicted molar refractivity (Wildman–Crippen MR) is 44.3 cm³/mol. The van der Waals surface area contributed by atoms with E-state index in [2.05, 4.69) is 5.32 Å². The molecule has 1 fully saturated rings. The second-order valence-electron chi connectivity index (χ2n) is 2.92. The van der Waals surface area contributed by atoms with Crippen molar-refractivity contribution in [3.8, 4) is 0 Å². The van der Waals surface area contributed by atoms with Crippen molar-refractivity contribution >= 4 is 5.91 Å². The van der Waals surface area contributed by atoms with E-state index >= 15 is 0 Å². The molecule has 0 radical (unpaired) electrons. The van der Waals surface area contributed by atoms with Gasteiger partial charge in [-0.15, -0.1) is 0 Å². The van der Waals surface area contributed by atoms with E-state index in [9.17, 15) is 4.79 Å². The SMILES string of the molecule is O=C1NCCOC2=CC=CCC12. The first-order valence-corrected chi connectivity index (χ1v) is 4.15. The molecule has 1 aliphatic heterocycles. The zero-order chi connectivity index (χ0) is 8.39. The monoisotopic (exact) mass is 165 g/mol. The van der Waals surface area contributed by atoms with Crippen molar-refractivity contribution in [1.82, 2.24) is 5.32 Å². The Morgan fingerprint density at radius 3 is 3.42 bits per heavy atom. The van der Waals surface area contributed by atoms with E-state index in [1.165, 1.54) is 0 Å². The number of fused-ring (bicyclic) bond motifs is 1. The lowest BCUT2D eigenvalue weighted by Gasteiger charge is -2.16. The molecule has 0 aromatic rings. The van der Waals surface area contributed by atoms with Crippen molar-refractivity contribution in [2.75, 3.05) is 13.2 Å². The summed E-state index contributed by atoms with van der Waals surface area (Å²) in [6.07, 6.45) is 6.56. The summed E-state index contributed by atoms with van der Waals surface area (Å²) in [4.78, 5) is 11.4. The lowest BCUT2D eigenvalue weighted by Crippen LogP contribution is -2.30. The van der Waals surface area contributed by atoms with Gasteiger partial charge in [0.25, 0.3) is 0 Å². The van der Waals surface area contributed by atoms with Crippen LogP contribution in [0.2, 0.25) is 0 Å². The Bertz CT molecular complexity index is 255. The van der Waals surface area contributed by atoms with Crippen LogP contribution in [0.5, 0.6) is 0 Å². The Kier molecular flexibility index (Phi) is 1.86. The van der Waals surface area contributed by atoms with E-state index in [0.717, 1.165) is 12.2 Å². The smallest absolute Gasteiger partial charge is 0.231 e. The molecule has 1 heterocycles. The van der Waals surface area contributed by atoms with Crippen LogP contribution in [0.4, 0.5) is 0 Å². The summed E-state index contributed by atoms with van der Waals surface area (Å²) >= 11 is 0. The molecule has 0 spiro atoms. The summed E-state index contributed by atoms with van der Waals surface area (Å²) in [5.74, 6) is 0.813. The number of hydrogen-bond acceptors (Lipinski definition) is 2. The molecule has 1 atom stereocenters. The lowest BCUT2D eigenvalue weighted by atomic mass is 9.98. The fourth-order valence-electron chi connectivity index (χ4n) is 1.46. The van der Waals surface area contributed by atoms with Crippen LogP contribution in [0, 0.1) is 5.92 Å². The zero-order valence-corrected chi connectivity index (χ0v) is 6.75. The van der Waals surface area contributed by atoms with Crippen molar-refractivity contribution in [3.05, 3.63) is 24.0 Å². The summed E-state index contributed by atoms with van der Waals surface area (Å²) in [5, 5.41) is 2.81. The fraction of sp³-hybridized carbons (Fsp3) is 0.444. The van der Waals surface area contributed by atoms with Gasteiger partial charge >= 0.3 is 0 Å². The molecule has 2 rings (SSSR count). The Labute approximate surface area is 71.1 Å². The first-order chi connectivity index (χ1) is 5.88. The third-order valence-corrected chi connectivity index (χ3v) is 2.10. The number of carbonyl (C=O) groups excluding carboxylic acids is 1. The first-order valence-electron chi connectivity index (χ1n) is 4.15. The number of carbonyl (C=O) groups is 1. The molecule has 1 aliphatic carbocycles. The topological polar surface area (TPSA) is 38.3 Å². The lowest BCUT2D eigenvalue weighted by molar-refractivity contribution is -0.123. The van der Waals surface area contributed by atoms with Gasteiger partial charge in [0.15, 0.2) is 0 Å². The average molecular weight is 165 g/mol. The van der Waals surface area contributed by atoms with Crippen molar-refractivity contribution in [1.29, 1.82) is 0 Å². The minimum absolute atomic E-state index is 0.0856. The molecule has 0 saturated carbocycles. The van der Waals surface area contributed by atoms with Crippen molar-refractivity contribution in [3.63, 3.8) is 0 Å². The molecule has 2 aliphatic rings. The highest BCUT2D eigenvalue weighted by atomic mass is 16.5. The minimum Gasteiger partial charge on any atom is -0.495 e. The van der Waals surface area contributed by atoms with E-state index in [0.29, 0.717) is 13.2 Å². The average Bonchev–Trinajstić information content (AvgIpc) is 2.29. The molecule has 64 valence electrons. The molecule has 3 heteroatoms. The van der Waals surface area contributed by atoms with Gasteiger partial charge in [-0.25, -0.2) is 0 Å². The highest BCUT2D eigenvalue weighted by Crippen LogP contribution is 2.22. The predicted octanol–water partition coefficient (Wildman–Crippen LogP) is 0.593. The molecule has 1 N–H and O–H groups in total. The molecule has 1 amide bonds. The van der Waals surface area contributed by atoms with Crippen molar-refractivity contribution in [2.24, 2.45) is 5.92 Å². The summed E-state index contributed by atoms with van der Waals surface area (Å²) in [7, 11) is 0. The second kappa shape index (κ2) is 3.01.